The predicted molar refractivity (Wildman–Crippen MR) is 98.4 cm³/mol. The standard InChI is InChI=1S/C19H26N4O3/c1-13(15-5-3-7-20-10-15)8-17(24)22-16-6-2-4-14(9-16)12-23-18(25)11-21-19(23)26/h2,4,6,9,13,15,20H,3,5,7-8,10-12H2,1H3,(H,21,26)(H,22,24). The fourth-order valence-electron chi connectivity index (χ4n) is 3.58. The van der Waals surface area contributed by atoms with Gasteiger partial charge in [-0.25, -0.2) is 4.79 Å². The van der Waals surface area contributed by atoms with E-state index < -0.39 is 0 Å². The average molecular weight is 358 g/mol. The molecule has 7 heteroatoms. The number of urea groups is 1. The van der Waals surface area contributed by atoms with Crippen molar-refractivity contribution in [3.8, 4) is 0 Å². The van der Waals surface area contributed by atoms with E-state index in [4.69, 9.17) is 0 Å². The Morgan fingerprint density at radius 3 is 2.92 bits per heavy atom. The van der Waals surface area contributed by atoms with Gasteiger partial charge in [0, 0.05) is 12.1 Å². The zero-order valence-corrected chi connectivity index (χ0v) is 15.1. The first-order chi connectivity index (χ1) is 12.5. The van der Waals surface area contributed by atoms with Crippen molar-refractivity contribution in [3.63, 3.8) is 0 Å². The molecule has 2 aliphatic heterocycles. The molecule has 2 heterocycles. The van der Waals surface area contributed by atoms with Gasteiger partial charge in [-0.2, -0.15) is 0 Å². The quantitative estimate of drug-likeness (QED) is 0.675. The molecule has 0 saturated carbocycles. The lowest BCUT2D eigenvalue weighted by atomic mass is 9.85. The Bertz CT molecular complexity index is 669. The number of hydrogen-bond acceptors (Lipinski definition) is 4. The average Bonchev–Trinajstić information content (AvgIpc) is 2.94. The van der Waals surface area contributed by atoms with Gasteiger partial charge < -0.3 is 16.0 Å². The van der Waals surface area contributed by atoms with Crippen molar-refractivity contribution >= 4 is 23.5 Å². The maximum Gasteiger partial charge on any atom is 0.324 e. The second kappa shape index (κ2) is 8.31. The zero-order valence-electron chi connectivity index (χ0n) is 15.1. The topological polar surface area (TPSA) is 90.5 Å². The molecule has 2 atom stereocenters. The maximum absolute atomic E-state index is 12.4. The molecular formula is C19H26N4O3. The number of anilines is 1. The van der Waals surface area contributed by atoms with E-state index in [0.717, 1.165) is 18.7 Å². The Morgan fingerprint density at radius 2 is 2.23 bits per heavy atom. The third-order valence-corrected chi connectivity index (χ3v) is 5.14. The van der Waals surface area contributed by atoms with Gasteiger partial charge in [-0.1, -0.05) is 19.1 Å². The summed E-state index contributed by atoms with van der Waals surface area (Å²) in [5, 5.41) is 8.83. The molecule has 0 spiro atoms. The first kappa shape index (κ1) is 18.4. The molecule has 3 rings (SSSR count). The minimum absolute atomic E-state index is 0.00443. The van der Waals surface area contributed by atoms with Crippen LogP contribution in [0.25, 0.3) is 0 Å². The van der Waals surface area contributed by atoms with Crippen LogP contribution >= 0.6 is 0 Å². The summed E-state index contributed by atoms with van der Waals surface area (Å²) in [6.45, 7) is 4.43. The maximum atomic E-state index is 12.4. The van der Waals surface area contributed by atoms with Crippen LogP contribution in [0.5, 0.6) is 0 Å². The molecule has 0 aliphatic carbocycles. The highest BCUT2D eigenvalue weighted by Crippen LogP contribution is 2.23. The molecule has 2 saturated heterocycles. The van der Waals surface area contributed by atoms with Gasteiger partial charge in [0.2, 0.25) is 11.8 Å². The smallest absolute Gasteiger partial charge is 0.324 e. The third-order valence-electron chi connectivity index (χ3n) is 5.14. The molecule has 140 valence electrons. The molecule has 0 bridgehead atoms. The molecule has 1 aromatic carbocycles. The van der Waals surface area contributed by atoms with Gasteiger partial charge in [0.1, 0.15) is 0 Å². The number of imide groups is 1. The van der Waals surface area contributed by atoms with Crippen LogP contribution in [0.15, 0.2) is 24.3 Å². The molecule has 2 fully saturated rings. The van der Waals surface area contributed by atoms with Crippen molar-refractivity contribution in [3.05, 3.63) is 29.8 Å². The Morgan fingerprint density at radius 1 is 1.38 bits per heavy atom. The van der Waals surface area contributed by atoms with Crippen molar-refractivity contribution in [1.82, 2.24) is 15.5 Å². The summed E-state index contributed by atoms with van der Waals surface area (Å²) in [6.07, 6.45) is 2.83. The van der Waals surface area contributed by atoms with E-state index >= 15 is 0 Å². The van der Waals surface area contributed by atoms with Gasteiger partial charge in [0.25, 0.3) is 0 Å². The number of amides is 4. The lowest BCUT2D eigenvalue weighted by Gasteiger charge is -2.28. The highest BCUT2D eigenvalue weighted by molar-refractivity contribution is 6.01. The van der Waals surface area contributed by atoms with Gasteiger partial charge in [0.05, 0.1) is 13.1 Å². The van der Waals surface area contributed by atoms with Gasteiger partial charge in [-0.05, 0) is 55.5 Å². The van der Waals surface area contributed by atoms with Crippen LogP contribution in [0.4, 0.5) is 10.5 Å². The summed E-state index contributed by atoms with van der Waals surface area (Å²) in [6, 6.07) is 6.91. The number of nitrogens with zero attached hydrogens (tertiary/aromatic N) is 1. The van der Waals surface area contributed by atoms with Crippen LogP contribution in [0.3, 0.4) is 0 Å². The fourth-order valence-corrected chi connectivity index (χ4v) is 3.58. The number of piperidine rings is 1. The van der Waals surface area contributed by atoms with E-state index in [1.54, 1.807) is 0 Å². The predicted octanol–water partition coefficient (Wildman–Crippen LogP) is 1.70. The minimum atomic E-state index is -0.376. The lowest BCUT2D eigenvalue weighted by Crippen LogP contribution is -2.34. The fraction of sp³-hybridized carbons (Fsp3) is 0.526. The Balaban J connectivity index is 1.55. The molecule has 4 amide bonds. The van der Waals surface area contributed by atoms with Crippen molar-refractivity contribution in [1.29, 1.82) is 0 Å². The lowest BCUT2D eigenvalue weighted by molar-refractivity contribution is -0.125. The normalized spacial score (nSPS) is 21.4. The molecule has 0 aromatic heterocycles. The Kier molecular flexibility index (Phi) is 5.88. The van der Waals surface area contributed by atoms with E-state index in [-0.39, 0.29) is 30.9 Å². The van der Waals surface area contributed by atoms with Crippen LogP contribution in [0.2, 0.25) is 0 Å². The van der Waals surface area contributed by atoms with Crippen LogP contribution in [-0.2, 0) is 16.1 Å². The van der Waals surface area contributed by atoms with E-state index in [0.29, 0.717) is 23.9 Å². The van der Waals surface area contributed by atoms with Gasteiger partial charge in [0.15, 0.2) is 0 Å². The van der Waals surface area contributed by atoms with E-state index in [9.17, 15) is 14.4 Å². The zero-order chi connectivity index (χ0) is 18.5. The highest BCUT2D eigenvalue weighted by atomic mass is 16.2. The summed E-state index contributed by atoms with van der Waals surface area (Å²) in [5.74, 6) is 0.631. The first-order valence-electron chi connectivity index (χ1n) is 9.20. The highest BCUT2D eigenvalue weighted by Gasteiger charge is 2.28. The summed E-state index contributed by atoms with van der Waals surface area (Å²) in [5.41, 5.74) is 1.49. The van der Waals surface area contributed by atoms with Crippen LogP contribution < -0.4 is 16.0 Å². The number of carbonyl (C=O) groups is 3. The SMILES string of the molecule is CC(CC(=O)Nc1cccc(CN2C(=O)CNC2=O)c1)C1CCCNC1. The summed E-state index contributed by atoms with van der Waals surface area (Å²) in [4.78, 5) is 36.9. The third kappa shape index (κ3) is 4.60. The van der Waals surface area contributed by atoms with Crippen LogP contribution in [0.1, 0.15) is 31.7 Å². The molecule has 0 radical (unpaired) electrons. The van der Waals surface area contributed by atoms with Crippen molar-refractivity contribution < 1.29 is 14.4 Å². The molecule has 2 aliphatic rings. The van der Waals surface area contributed by atoms with Crippen molar-refractivity contribution in [2.45, 2.75) is 32.7 Å². The second-order valence-electron chi connectivity index (χ2n) is 7.17. The van der Waals surface area contributed by atoms with Crippen LogP contribution in [-0.4, -0.2) is 42.4 Å². The molecular weight excluding hydrogens is 332 g/mol. The molecule has 7 nitrogen and oxygen atoms in total. The van der Waals surface area contributed by atoms with Gasteiger partial charge >= 0.3 is 6.03 Å². The van der Waals surface area contributed by atoms with E-state index in [1.165, 1.54) is 17.7 Å². The number of hydrogen-bond donors (Lipinski definition) is 3. The summed E-state index contributed by atoms with van der Waals surface area (Å²) in [7, 11) is 0. The molecule has 2 unspecified atom stereocenters. The number of rotatable bonds is 6. The molecule has 1 aromatic rings. The van der Waals surface area contributed by atoms with E-state index in [1.807, 2.05) is 24.3 Å². The van der Waals surface area contributed by atoms with Gasteiger partial charge in [-0.15, -0.1) is 0 Å². The largest absolute Gasteiger partial charge is 0.329 e. The number of carbonyl (C=O) groups excluding carboxylic acids is 3. The van der Waals surface area contributed by atoms with Crippen LogP contribution in [0, 0.1) is 11.8 Å². The monoisotopic (exact) mass is 358 g/mol. The molecule has 3 N–H and O–H groups in total. The molecule has 26 heavy (non-hydrogen) atoms. The second-order valence-corrected chi connectivity index (χ2v) is 7.17. The number of nitrogens with one attached hydrogen (secondary N) is 3. The summed E-state index contributed by atoms with van der Waals surface area (Å²) < 4.78 is 0. The van der Waals surface area contributed by atoms with Gasteiger partial charge in [-0.3, -0.25) is 14.5 Å². The Hall–Kier alpha value is -2.41. The first-order valence-corrected chi connectivity index (χ1v) is 9.20. The van der Waals surface area contributed by atoms with E-state index in [2.05, 4.69) is 22.9 Å². The number of benzene rings is 1. The van der Waals surface area contributed by atoms with Crippen molar-refractivity contribution in [2.75, 3.05) is 25.0 Å². The minimum Gasteiger partial charge on any atom is -0.329 e. The van der Waals surface area contributed by atoms with Crippen molar-refractivity contribution in [2.24, 2.45) is 11.8 Å². The Labute approximate surface area is 153 Å². The summed E-state index contributed by atoms with van der Waals surface area (Å²) >= 11 is 0.